The Bertz CT molecular complexity index is 775. The minimum atomic E-state index is -0.580. The highest BCUT2D eigenvalue weighted by atomic mass is 19.1. The fraction of sp³-hybridized carbons (Fsp3) is 0. The number of halogens is 2. The van der Waals surface area contributed by atoms with E-state index in [0.717, 1.165) is 6.07 Å². The average Bonchev–Trinajstić information content (AvgIpc) is 2.83. The van der Waals surface area contributed by atoms with Gasteiger partial charge in [-0.25, -0.2) is 8.78 Å². The highest BCUT2D eigenvalue weighted by Crippen LogP contribution is 2.31. The summed E-state index contributed by atoms with van der Waals surface area (Å²) in [5.41, 5.74) is 0.529. The molecule has 2 aromatic carbocycles. The van der Waals surface area contributed by atoms with Crippen molar-refractivity contribution in [2.45, 2.75) is 0 Å². The summed E-state index contributed by atoms with van der Waals surface area (Å²) in [4.78, 5) is 10.6. The third kappa shape index (κ3) is 1.91. The molecular formula is C15H8F2O2. The molecule has 0 radical (unpaired) electrons. The number of rotatable bonds is 2. The van der Waals surface area contributed by atoms with Crippen LogP contribution in [0.3, 0.4) is 0 Å². The molecule has 0 aliphatic rings. The fourth-order valence-corrected chi connectivity index (χ4v) is 1.96. The van der Waals surface area contributed by atoms with E-state index >= 15 is 0 Å². The maximum absolute atomic E-state index is 13.8. The van der Waals surface area contributed by atoms with E-state index in [2.05, 4.69) is 0 Å². The van der Waals surface area contributed by atoms with E-state index in [1.165, 1.54) is 18.2 Å². The predicted molar refractivity (Wildman–Crippen MR) is 67.0 cm³/mol. The number of carbonyl (C=O) groups is 1. The molecule has 0 unspecified atom stereocenters. The van der Waals surface area contributed by atoms with Crippen LogP contribution in [-0.4, -0.2) is 6.29 Å². The second-order valence-corrected chi connectivity index (χ2v) is 4.13. The topological polar surface area (TPSA) is 30.2 Å². The molecule has 1 aromatic heterocycles. The first-order valence-electron chi connectivity index (χ1n) is 5.62. The molecule has 3 aromatic rings. The van der Waals surface area contributed by atoms with Crippen molar-refractivity contribution in [3.8, 4) is 11.3 Å². The molecule has 1 heterocycles. The third-order valence-electron chi connectivity index (χ3n) is 2.89. The van der Waals surface area contributed by atoms with E-state index in [1.807, 2.05) is 0 Å². The molecule has 94 valence electrons. The Labute approximate surface area is 107 Å². The van der Waals surface area contributed by atoms with Crippen molar-refractivity contribution in [3.63, 3.8) is 0 Å². The first-order valence-corrected chi connectivity index (χ1v) is 5.62. The largest absolute Gasteiger partial charge is 0.453 e. The minimum Gasteiger partial charge on any atom is -0.453 e. The van der Waals surface area contributed by atoms with E-state index in [1.54, 1.807) is 18.2 Å². The van der Waals surface area contributed by atoms with Crippen LogP contribution >= 0.6 is 0 Å². The van der Waals surface area contributed by atoms with Gasteiger partial charge in [0.15, 0.2) is 11.4 Å². The lowest BCUT2D eigenvalue weighted by atomic mass is 10.1. The van der Waals surface area contributed by atoms with Crippen LogP contribution in [0.4, 0.5) is 8.78 Å². The summed E-state index contributed by atoms with van der Waals surface area (Å²) in [6, 6.07) is 10.1. The van der Waals surface area contributed by atoms with Crippen LogP contribution in [0.25, 0.3) is 22.3 Å². The van der Waals surface area contributed by atoms with Crippen molar-refractivity contribution in [2.24, 2.45) is 0 Å². The summed E-state index contributed by atoms with van der Waals surface area (Å²) in [5.74, 6) is -0.840. The lowest BCUT2D eigenvalue weighted by Crippen LogP contribution is -1.86. The van der Waals surface area contributed by atoms with Crippen molar-refractivity contribution < 1.29 is 18.0 Å². The molecule has 0 amide bonds. The van der Waals surface area contributed by atoms with Gasteiger partial charge in [0.25, 0.3) is 0 Å². The van der Waals surface area contributed by atoms with E-state index in [9.17, 15) is 13.6 Å². The standard InChI is InChI=1S/C15H8F2O2/c16-12-3-1-2-10-7-14(19-15(10)12)11-5-4-9(8-18)6-13(11)17/h1-8H. The van der Waals surface area contributed by atoms with Gasteiger partial charge in [-0.3, -0.25) is 4.79 Å². The van der Waals surface area contributed by atoms with Gasteiger partial charge in [-0.1, -0.05) is 18.2 Å². The molecular weight excluding hydrogens is 250 g/mol. The Morgan fingerprint density at radius 1 is 1.00 bits per heavy atom. The number of benzene rings is 2. The van der Waals surface area contributed by atoms with Gasteiger partial charge in [0.05, 0.1) is 5.56 Å². The van der Waals surface area contributed by atoms with Crippen molar-refractivity contribution in [2.75, 3.05) is 0 Å². The monoisotopic (exact) mass is 258 g/mol. The molecule has 0 aliphatic carbocycles. The van der Waals surface area contributed by atoms with Gasteiger partial charge in [-0.15, -0.1) is 0 Å². The normalized spacial score (nSPS) is 10.8. The predicted octanol–water partition coefficient (Wildman–Crippen LogP) is 4.19. The van der Waals surface area contributed by atoms with Gasteiger partial charge in [-0.2, -0.15) is 0 Å². The number of hydrogen-bond acceptors (Lipinski definition) is 2. The number of para-hydroxylation sites is 1. The van der Waals surface area contributed by atoms with Gasteiger partial charge >= 0.3 is 0 Å². The zero-order chi connectivity index (χ0) is 13.4. The molecule has 0 fully saturated rings. The fourth-order valence-electron chi connectivity index (χ4n) is 1.96. The number of carbonyl (C=O) groups excluding carboxylic acids is 1. The van der Waals surface area contributed by atoms with Crippen molar-refractivity contribution in [1.82, 2.24) is 0 Å². The van der Waals surface area contributed by atoms with Crippen LogP contribution in [0.15, 0.2) is 46.9 Å². The molecule has 3 rings (SSSR count). The van der Waals surface area contributed by atoms with Gasteiger partial charge in [0.2, 0.25) is 0 Å². The molecule has 0 aliphatic heterocycles. The van der Waals surface area contributed by atoms with Crippen LogP contribution in [-0.2, 0) is 0 Å². The molecule has 19 heavy (non-hydrogen) atoms. The lowest BCUT2D eigenvalue weighted by molar-refractivity contribution is 0.112. The van der Waals surface area contributed by atoms with Gasteiger partial charge < -0.3 is 4.42 Å². The van der Waals surface area contributed by atoms with Crippen LogP contribution in [0.5, 0.6) is 0 Å². The highest BCUT2D eigenvalue weighted by Gasteiger charge is 2.13. The first-order chi connectivity index (χ1) is 9.19. The maximum Gasteiger partial charge on any atom is 0.170 e. The first kappa shape index (κ1) is 11.6. The van der Waals surface area contributed by atoms with E-state index in [0.29, 0.717) is 11.7 Å². The van der Waals surface area contributed by atoms with Crippen molar-refractivity contribution >= 4 is 17.3 Å². The second kappa shape index (κ2) is 4.31. The van der Waals surface area contributed by atoms with Crippen LogP contribution in [0.1, 0.15) is 10.4 Å². The molecule has 0 spiro atoms. The smallest absolute Gasteiger partial charge is 0.170 e. The third-order valence-corrected chi connectivity index (χ3v) is 2.89. The molecule has 0 saturated heterocycles. The molecule has 0 N–H and O–H groups in total. The van der Waals surface area contributed by atoms with E-state index < -0.39 is 11.6 Å². The Balaban J connectivity index is 2.19. The van der Waals surface area contributed by atoms with Crippen LogP contribution < -0.4 is 0 Å². The van der Waals surface area contributed by atoms with Gasteiger partial charge in [-0.05, 0) is 24.3 Å². The minimum absolute atomic E-state index is 0.0939. The Morgan fingerprint density at radius 2 is 1.84 bits per heavy atom. The quantitative estimate of drug-likeness (QED) is 0.645. The van der Waals surface area contributed by atoms with Crippen LogP contribution in [0.2, 0.25) is 0 Å². The maximum atomic E-state index is 13.8. The van der Waals surface area contributed by atoms with Gasteiger partial charge in [0, 0.05) is 10.9 Å². The summed E-state index contributed by atoms with van der Waals surface area (Å²) >= 11 is 0. The number of aldehydes is 1. The summed E-state index contributed by atoms with van der Waals surface area (Å²) in [6.07, 6.45) is 0.561. The molecule has 0 saturated carbocycles. The molecule has 4 heteroatoms. The summed E-state index contributed by atoms with van der Waals surface area (Å²) < 4.78 is 32.7. The Kier molecular flexibility index (Phi) is 2.63. The number of furan rings is 1. The Hall–Kier alpha value is -2.49. The average molecular weight is 258 g/mol. The molecule has 2 nitrogen and oxygen atoms in total. The molecule has 0 bridgehead atoms. The SMILES string of the molecule is O=Cc1ccc(-c2cc3cccc(F)c3o2)c(F)c1. The zero-order valence-corrected chi connectivity index (χ0v) is 9.69. The number of fused-ring (bicyclic) bond motifs is 1. The number of hydrogen-bond donors (Lipinski definition) is 0. The lowest BCUT2D eigenvalue weighted by Gasteiger charge is -1.99. The summed E-state index contributed by atoms with van der Waals surface area (Å²) in [6.45, 7) is 0. The summed E-state index contributed by atoms with van der Waals surface area (Å²) in [5, 5.41) is 0.564. The van der Waals surface area contributed by atoms with Crippen molar-refractivity contribution in [3.05, 3.63) is 59.7 Å². The van der Waals surface area contributed by atoms with Crippen LogP contribution in [0, 0.1) is 11.6 Å². The summed E-state index contributed by atoms with van der Waals surface area (Å²) in [7, 11) is 0. The molecule has 0 atom stereocenters. The van der Waals surface area contributed by atoms with Crippen molar-refractivity contribution in [1.29, 1.82) is 0 Å². The van der Waals surface area contributed by atoms with E-state index in [-0.39, 0.29) is 22.5 Å². The Morgan fingerprint density at radius 3 is 2.53 bits per heavy atom. The second-order valence-electron chi connectivity index (χ2n) is 4.13. The zero-order valence-electron chi connectivity index (χ0n) is 9.69. The van der Waals surface area contributed by atoms with E-state index in [4.69, 9.17) is 4.42 Å². The highest BCUT2D eigenvalue weighted by molar-refractivity contribution is 5.84. The van der Waals surface area contributed by atoms with Gasteiger partial charge in [0.1, 0.15) is 17.9 Å².